The van der Waals surface area contributed by atoms with E-state index in [0.29, 0.717) is 25.0 Å². The molecule has 1 heterocycles. The third-order valence-electron chi connectivity index (χ3n) is 4.96. The summed E-state index contributed by atoms with van der Waals surface area (Å²) in [6.45, 7) is 4.86. The second kappa shape index (κ2) is 8.99. The van der Waals surface area contributed by atoms with Crippen LogP contribution in [-0.2, 0) is 11.3 Å². The smallest absolute Gasteiger partial charge is 0.123 e. The summed E-state index contributed by atoms with van der Waals surface area (Å²) in [4.78, 5) is 2.49. The van der Waals surface area contributed by atoms with Crippen LogP contribution in [-0.4, -0.2) is 44.9 Å². The van der Waals surface area contributed by atoms with Crippen LogP contribution < -0.4 is 10.5 Å². The van der Waals surface area contributed by atoms with Crippen molar-refractivity contribution >= 4 is 0 Å². The van der Waals surface area contributed by atoms with E-state index in [1.807, 2.05) is 12.1 Å². The molecule has 25 heavy (non-hydrogen) atoms. The van der Waals surface area contributed by atoms with E-state index in [2.05, 4.69) is 47.4 Å². The van der Waals surface area contributed by atoms with Gasteiger partial charge < -0.3 is 15.2 Å². The van der Waals surface area contributed by atoms with Crippen molar-refractivity contribution in [3.8, 4) is 5.75 Å². The van der Waals surface area contributed by atoms with Crippen LogP contribution in [0, 0.1) is 5.92 Å². The van der Waals surface area contributed by atoms with Crippen molar-refractivity contribution in [1.29, 1.82) is 0 Å². The molecular weight excluding hydrogens is 312 g/mol. The molecule has 2 atom stereocenters. The number of benzene rings is 2. The van der Waals surface area contributed by atoms with Crippen molar-refractivity contribution in [3.63, 3.8) is 0 Å². The second-order valence-corrected chi connectivity index (χ2v) is 6.66. The Hall–Kier alpha value is -1.88. The topological polar surface area (TPSA) is 47.7 Å². The summed E-state index contributed by atoms with van der Waals surface area (Å²) in [6, 6.07) is 19.0. The SMILES string of the molecule is COCCOc1ccccc1CN1C[C@@H](CN)[C@H](c2ccccc2)C1. The first-order chi connectivity index (χ1) is 12.3. The lowest BCUT2D eigenvalue weighted by molar-refractivity contribution is 0.145. The van der Waals surface area contributed by atoms with Gasteiger partial charge in [0.05, 0.1) is 6.61 Å². The number of ether oxygens (including phenoxy) is 2. The van der Waals surface area contributed by atoms with Gasteiger partial charge in [0.1, 0.15) is 12.4 Å². The van der Waals surface area contributed by atoms with E-state index in [-0.39, 0.29) is 0 Å². The number of nitrogens with two attached hydrogens (primary N) is 1. The molecule has 3 rings (SSSR count). The maximum Gasteiger partial charge on any atom is 0.123 e. The highest BCUT2D eigenvalue weighted by atomic mass is 16.5. The molecular formula is C21H28N2O2. The third-order valence-corrected chi connectivity index (χ3v) is 4.96. The van der Waals surface area contributed by atoms with Crippen molar-refractivity contribution < 1.29 is 9.47 Å². The van der Waals surface area contributed by atoms with Gasteiger partial charge in [0.15, 0.2) is 0 Å². The van der Waals surface area contributed by atoms with Crippen LogP contribution in [0.4, 0.5) is 0 Å². The Morgan fingerprint density at radius 2 is 1.76 bits per heavy atom. The van der Waals surface area contributed by atoms with Gasteiger partial charge in [-0.15, -0.1) is 0 Å². The van der Waals surface area contributed by atoms with E-state index in [0.717, 1.165) is 31.9 Å². The number of likely N-dealkylation sites (tertiary alicyclic amines) is 1. The molecule has 0 radical (unpaired) electrons. The number of rotatable bonds is 8. The van der Waals surface area contributed by atoms with Gasteiger partial charge >= 0.3 is 0 Å². The molecule has 1 fully saturated rings. The Morgan fingerprint density at radius 3 is 2.52 bits per heavy atom. The van der Waals surface area contributed by atoms with Gasteiger partial charge in [0.25, 0.3) is 0 Å². The number of para-hydroxylation sites is 1. The van der Waals surface area contributed by atoms with Crippen molar-refractivity contribution in [2.45, 2.75) is 12.5 Å². The average Bonchev–Trinajstić information content (AvgIpc) is 3.07. The maximum absolute atomic E-state index is 6.06. The number of hydrogen-bond donors (Lipinski definition) is 1. The highest BCUT2D eigenvalue weighted by Gasteiger charge is 2.32. The van der Waals surface area contributed by atoms with Gasteiger partial charge in [-0.25, -0.2) is 0 Å². The van der Waals surface area contributed by atoms with Crippen LogP contribution in [0.5, 0.6) is 5.75 Å². The molecule has 0 aromatic heterocycles. The molecule has 1 aliphatic heterocycles. The molecule has 0 unspecified atom stereocenters. The van der Waals surface area contributed by atoms with Gasteiger partial charge in [-0.05, 0) is 24.1 Å². The fraction of sp³-hybridized carbons (Fsp3) is 0.429. The summed E-state index contributed by atoms with van der Waals surface area (Å²) >= 11 is 0. The molecule has 1 saturated heterocycles. The molecule has 2 aromatic carbocycles. The summed E-state index contributed by atoms with van der Waals surface area (Å²) in [5, 5.41) is 0. The Morgan fingerprint density at radius 1 is 1.00 bits per heavy atom. The van der Waals surface area contributed by atoms with E-state index < -0.39 is 0 Å². The lowest BCUT2D eigenvalue weighted by Gasteiger charge is -2.18. The summed E-state index contributed by atoms with van der Waals surface area (Å²) in [7, 11) is 1.69. The van der Waals surface area contributed by atoms with Crippen LogP contribution >= 0.6 is 0 Å². The van der Waals surface area contributed by atoms with Gasteiger partial charge in [-0.3, -0.25) is 4.90 Å². The molecule has 2 N–H and O–H groups in total. The third kappa shape index (κ3) is 4.60. The van der Waals surface area contributed by atoms with Crippen molar-refractivity contribution in [3.05, 3.63) is 65.7 Å². The highest BCUT2D eigenvalue weighted by molar-refractivity contribution is 5.33. The zero-order valence-corrected chi connectivity index (χ0v) is 14.9. The molecule has 0 bridgehead atoms. The van der Waals surface area contributed by atoms with Crippen molar-refractivity contribution in [1.82, 2.24) is 4.90 Å². The molecule has 4 heteroatoms. The van der Waals surface area contributed by atoms with Crippen molar-refractivity contribution in [2.75, 3.05) is 40.0 Å². The Bertz CT molecular complexity index is 647. The lowest BCUT2D eigenvalue weighted by Crippen LogP contribution is -2.23. The zero-order valence-electron chi connectivity index (χ0n) is 14.9. The summed E-state index contributed by atoms with van der Waals surface area (Å²) in [5.41, 5.74) is 8.68. The largest absolute Gasteiger partial charge is 0.491 e. The van der Waals surface area contributed by atoms with E-state index in [4.69, 9.17) is 15.2 Å². The highest BCUT2D eigenvalue weighted by Crippen LogP contribution is 2.33. The molecule has 0 amide bonds. The van der Waals surface area contributed by atoms with Gasteiger partial charge in [-0.1, -0.05) is 48.5 Å². The minimum Gasteiger partial charge on any atom is -0.491 e. The van der Waals surface area contributed by atoms with E-state index >= 15 is 0 Å². The summed E-state index contributed by atoms with van der Waals surface area (Å²) in [6.07, 6.45) is 0. The fourth-order valence-corrected chi connectivity index (χ4v) is 3.66. The summed E-state index contributed by atoms with van der Waals surface area (Å²) < 4.78 is 11.0. The van der Waals surface area contributed by atoms with E-state index in [1.54, 1.807) is 7.11 Å². The first kappa shape index (κ1) is 17.9. The predicted molar refractivity (Wildman–Crippen MR) is 101 cm³/mol. The number of nitrogens with zero attached hydrogens (tertiary/aromatic N) is 1. The Labute approximate surface area is 150 Å². The predicted octanol–water partition coefficient (Wildman–Crippen LogP) is 2.89. The molecule has 0 spiro atoms. The molecule has 0 saturated carbocycles. The first-order valence-corrected chi connectivity index (χ1v) is 8.98. The van der Waals surface area contributed by atoms with Gasteiger partial charge in [-0.2, -0.15) is 0 Å². The summed E-state index contributed by atoms with van der Waals surface area (Å²) in [5.74, 6) is 1.96. The van der Waals surface area contributed by atoms with Gasteiger partial charge in [0.2, 0.25) is 0 Å². The normalized spacial score (nSPS) is 20.7. The first-order valence-electron chi connectivity index (χ1n) is 8.98. The quantitative estimate of drug-likeness (QED) is 0.751. The Kier molecular flexibility index (Phi) is 6.45. The van der Waals surface area contributed by atoms with E-state index in [9.17, 15) is 0 Å². The van der Waals surface area contributed by atoms with Crippen LogP contribution in [0.25, 0.3) is 0 Å². The maximum atomic E-state index is 6.06. The molecule has 4 nitrogen and oxygen atoms in total. The minimum atomic E-state index is 0.504. The average molecular weight is 340 g/mol. The molecule has 1 aliphatic rings. The number of methoxy groups -OCH3 is 1. The van der Waals surface area contributed by atoms with Crippen LogP contribution in [0.15, 0.2) is 54.6 Å². The van der Waals surface area contributed by atoms with Crippen LogP contribution in [0.2, 0.25) is 0 Å². The second-order valence-electron chi connectivity index (χ2n) is 6.66. The Balaban J connectivity index is 1.68. The standard InChI is InChI=1S/C21H28N2O2/c1-24-11-12-25-21-10-6-5-9-18(21)14-23-15-19(13-22)20(16-23)17-7-3-2-4-8-17/h2-10,19-20H,11-16,22H2,1H3/t19-,20+/m1/s1. The fourth-order valence-electron chi connectivity index (χ4n) is 3.66. The van der Waals surface area contributed by atoms with Crippen molar-refractivity contribution in [2.24, 2.45) is 11.7 Å². The molecule has 0 aliphatic carbocycles. The molecule has 134 valence electrons. The van der Waals surface area contributed by atoms with Crippen LogP contribution in [0.1, 0.15) is 17.0 Å². The zero-order chi connectivity index (χ0) is 17.5. The monoisotopic (exact) mass is 340 g/mol. The minimum absolute atomic E-state index is 0.504. The van der Waals surface area contributed by atoms with Gasteiger partial charge in [0, 0.05) is 38.2 Å². The lowest BCUT2D eigenvalue weighted by atomic mass is 9.89. The van der Waals surface area contributed by atoms with E-state index in [1.165, 1.54) is 11.1 Å². The van der Waals surface area contributed by atoms with Crippen LogP contribution in [0.3, 0.4) is 0 Å². The molecule has 2 aromatic rings. The number of hydrogen-bond acceptors (Lipinski definition) is 4.